The summed E-state index contributed by atoms with van der Waals surface area (Å²) in [5.74, 6) is 0.327. The second-order valence-electron chi connectivity index (χ2n) is 2.93. The fourth-order valence-corrected chi connectivity index (χ4v) is 2.46. The van der Waals surface area contributed by atoms with Crippen LogP contribution in [0.1, 0.15) is 6.42 Å². The molecule has 0 aliphatic rings. The molecule has 0 aromatic heterocycles. The van der Waals surface area contributed by atoms with Gasteiger partial charge >= 0.3 is 0 Å². The summed E-state index contributed by atoms with van der Waals surface area (Å²) >= 11 is 6.64. The van der Waals surface area contributed by atoms with Crippen LogP contribution in [0.2, 0.25) is 0 Å². The van der Waals surface area contributed by atoms with Gasteiger partial charge in [0.05, 0.1) is 15.1 Å². The molecule has 0 saturated carbocycles. The van der Waals surface area contributed by atoms with E-state index in [-0.39, 0.29) is 5.69 Å². The van der Waals surface area contributed by atoms with E-state index in [0.29, 0.717) is 17.2 Å². The van der Waals surface area contributed by atoms with Crippen LogP contribution < -0.4 is 0 Å². The minimum absolute atomic E-state index is 0.00215. The van der Waals surface area contributed by atoms with Crippen LogP contribution in [0.15, 0.2) is 29.2 Å². The quantitative estimate of drug-likeness (QED) is 0.341. The van der Waals surface area contributed by atoms with Crippen LogP contribution in [-0.4, -0.2) is 22.3 Å². The van der Waals surface area contributed by atoms with Gasteiger partial charge in [-0.15, -0.1) is 23.4 Å². The molecule has 1 unspecified atom stereocenters. The van der Waals surface area contributed by atoms with Crippen LogP contribution in [0.4, 0.5) is 5.69 Å². The van der Waals surface area contributed by atoms with Gasteiger partial charge < -0.3 is 0 Å². The van der Waals surface area contributed by atoms with E-state index in [0.717, 1.165) is 11.8 Å². The lowest BCUT2D eigenvalue weighted by Crippen LogP contribution is -2.05. The average molecular weight is 259 g/mol. The first-order chi connectivity index (χ1) is 7.69. The molecule has 0 aliphatic heterocycles. The average Bonchev–Trinajstić information content (AvgIpc) is 2.29. The maximum Gasteiger partial charge on any atom is 0.282 e. The Morgan fingerprint density at radius 1 is 1.50 bits per heavy atom. The van der Waals surface area contributed by atoms with Crippen molar-refractivity contribution in [2.24, 2.45) is 0 Å². The van der Waals surface area contributed by atoms with Crippen LogP contribution >= 0.6 is 23.4 Å². The van der Waals surface area contributed by atoms with Gasteiger partial charge in [-0.3, -0.25) is 14.9 Å². The zero-order chi connectivity index (χ0) is 12.0. The summed E-state index contributed by atoms with van der Waals surface area (Å²) in [6.45, 7) is 0. The van der Waals surface area contributed by atoms with Crippen LogP contribution in [0, 0.1) is 10.1 Å². The summed E-state index contributed by atoms with van der Waals surface area (Å²) in [6, 6.07) is 6.30. The van der Waals surface area contributed by atoms with Gasteiger partial charge in [-0.1, -0.05) is 12.1 Å². The van der Waals surface area contributed by atoms with E-state index in [1.807, 2.05) is 6.29 Å². The second kappa shape index (κ2) is 6.50. The van der Waals surface area contributed by atoms with Crippen LogP contribution in [0.5, 0.6) is 0 Å². The number of hydrogen-bond donors (Lipinski definition) is 0. The Morgan fingerprint density at radius 2 is 2.19 bits per heavy atom. The van der Waals surface area contributed by atoms with Crippen molar-refractivity contribution in [3.05, 3.63) is 34.4 Å². The number of thioether (sulfide) groups is 1. The Balaban J connectivity index is 2.86. The van der Waals surface area contributed by atoms with E-state index in [4.69, 9.17) is 11.6 Å². The van der Waals surface area contributed by atoms with Gasteiger partial charge in [-0.05, 0) is 12.5 Å². The molecule has 0 saturated heterocycles. The number of rotatable bonds is 6. The fraction of sp³-hybridized carbons (Fsp3) is 0.300. The molecule has 1 aromatic rings. The van der Waals surface area contributed by atoms with E-state index < -0.39 is 10.2 Å². The molecule has 1 aromatic carbocycles. The van der Waals surface area contributed by atoms with Crippen LogP contribution in [0.3, 0.4) is 0 Å². The van der Waals surface area contributed by atoms with Gasteiger partial charge in [0.15, 0.2) is 0 Å². The van der Waals surface area contributed by atoms with Crippen LogP contribution in [-0.2, 0) is 4.79 Å². The van der Waals surface area contributed by atoms with Crippen molar-refractivity contribution in [3.8, 4) is 0 Å². The number of nitro groups is 1. The lowest BCUT2D eigenvalue weighted by Gasteiger charge is -2.07. The van der Waals surface area contributed by atoms with Gasteiger partial charge in [0.25, 0.3) is 5.69 Å². The number of nitrogens with zero attached hydrogens (tertiary/aromatic N) is 1. The molecule has 1 atom stereocenters. The van der Waals surface area contributed by atoms with Gasteiger partial charge in [0.1, 0.15) is 0 Å². The fourth-order valence-electron chi connectivity index (χ4n) is 1.10. The Hall–Kier alpha value is -1.07. The molecule has 1 rings (SSSR count). The highest BCUT2D eigenvalue weighted by Gasteiger charge is 2.17. The number of benzene rings is 1. The summed E-state index contributed by atoms with van der Waals surface area (Å²) in [7, 11) is 0. The molecule has 16 heavy (non-hydrogen) atoms. The first-order valence-corrected chi connectivity index (χ1v) is 5.94. The molecule has 0 bridgehead atoms. The van der Waals surface area contributed by atoms with E-state index in [9.17, 15) is 14.9 Å². The Kier molecular flexibility index (Phi) is 5.28. The first-order valence-electron chi connectivity index (χ1n) is 4.52. The highest BCUT2D eigenvalue weighted by atomic mass is 35.5. The monoisotopic (exact) mass is 258 g/mol. The van der Waals surface area contributed by atoms with Crippen molar-refractivity contribution in [1.82, 2.24) is 0 Å². The highest BCUT2D eigenvalue weighted by Crippen LogP contribution is 2.32. The predicted molar refractivity (Wildman–Crippen MR) is 63.8 cm³/mol. The summed E-state index contributed by atoms with van der Waals surface area (Å²) in [5, 5.41) is 10.3. The number of para-hydroxylation sites is 1. The Labute approximate surface area is 102 Å². The minimum Gasteiger partial charge on any atom is -0.290 e. The van der Waals surface area contributed by atoms with Gasteiger partial charge in [-0.25, -0.2) is 0 Å². The molecule has 0 N–H and O–H groups in total. The molecule has 0 fully saturated rings. The maximum atomic E-state index is 10.7. The first kappa shape index (κ1) is 13.0. The maximum absolute atomic E-state index is 10.7. The van der Waals surface area contributed by atoms with Crippen molar-refractivity contribution < 1.29 is 9.72 Å². The molecular formula is C10H9ClNO3S. The molecule has 0 amide bonds. The molecular weight excluding hydrogens is 250 g/mol. The zero-order valence-corrected chi connectivity index (χ0v) is 9.83. The Bertz CT molecular complexity index is 386. The molecule has 0 spiro atoms. The zero-order valence-electron chi connectivity index (χ0n) is 8.26. The van der Waals surface area contributed by atoms with E-state index in [1.165, 1.54) is 6.07 Å². The molecule has 1 radical (unpaired) electrons. The molecule has 0 heterocycles. The molecule has 4 nitrogen and oxygen atoms in total. The van der Waals surface area contributed by atoms with E-state index in [1.54, 1.807) is 18.2 Å². The van der Waals surface area contributed by atoms with Crippen molar-refractivity contribution in [1.29, 1.82) is 0 Å². The smallest absolute Gasteiger partial charge is 0.282 e. The van der Waals surface area contributed by atoms with Gasteiger partial charge in [0, 0.05) is 11.9 Å². The van der Waals surface area contributed by atoms with E-state index >= 15 is 0 Å². The normalized spacial score (nSPS) is 12.1. The number of carbonyl (C=O) groups excluding carboxylic acids is 1. The van der Waals surface area contributed by atoms with Crippen molar-refractivity contribution in [3.63, 3.8) is 0 Å². The highest BCUT2D eigenvalue weighted by molar-refractivity contribution is 8.00. The number of alkyl halides is 1. The largest absolute Gasteiger partial charge is 0.290 e. The number of nitro benzene ring substituents is 1. The minimum atomic E-state index is -0.467. The lowest BCUT2D eigenvalue weighted by atomic mass is 10.3. The third kappa shape index (κ3) is 3.50. The summed E-state index contributed by atoms with van der Waals surface area (Å²) < 4.78 is 0. The molecule has 0 aliphatic carbocycles. The third-order valence-corrected chi connectivity index (χ3v) is 3.27. The van der Waals surface area contributed by atoms with E-state index in [2.05, 4.69) is 0 Å². The lowest BCUT2D eigenvalue weighted by molar-refractivity contribution is -0.387. The topological polar surface area (TPSA) is 60.2 Å². The number of hydrogen-bond acceptors (Lipinski definition) is 4. The van der Waals surface area contributed by atoms with Crippen LogP contribution in [0.25, 0.3) is 0 Å². The van der Waals surface area contributed by atoms with Gasteiger partial charge in [-0.2, -0.15) is 0 Å². The molecule has 6 heteroatoms. The summed E-state index contributed by atoms with van der Waals surface area (Å²) in [4.78, 5) is 21.3. The van der Waals surface area contributed by atoms with Gasteiger partial charge in [0.2, 0.25) is 6.29 Å². The third-order valence-electron chi connectivity index (χ3n) is 1.83. The second-order valence-corrected chi connectivity index (χ2v) is 4.55. The van der Waals surface area contributed by atoms with Crippen molar-refractivity contribution in [2.75, 3.05) is 5.88 Å². The standard InChI is InChI=1S/C10H9ClNO3S/c11-6-5-8(7-13)16-10-4-2-1-3-9(10)12(14)15/h1-4,8H,5-6H2. The summed E-state index contributed by atoms with van der Waals surface area (Å²) in [6.07, 6.45) is 2.27. The number of halogens is 1. The Morgan fingerprint density at radius 3 is 2.75 bits per heavy atom. The SMILES string of the molecule is O=[C]C(CCCl)Sc1ccccc1[N+](=O)[O-]. The molecule has 85 valence electrons. The van der Waals surface area contributed by atoms with Crippen molar-refractivity contribution >= 4 is 35.3 Å². The predicted octanol–water partition coefficient (Wildman–Crippen LogP) is 2.79. The summed E-state index contributed by atoms with van der Waals surface area (Å²) in [5.41, 5.74) is 0.00215. The van der Waals surface area contributed by atoms with Crippen molar-refractivity contribution in [2.45, 2.75) is 16.6 Å².